The van der Waals surface area contributed by atoms with Crippen molar-refractivity contribution in [3.8, 4) is 0 Å². The SMILES string of the molecule is Cn1cccc1CC(=O)N/N=C/c1ccccc1C(F)(F)F. The quantitative estimate of drug-likeness (QED) is 0.685. The number of halogens is 3. The fraction of sp³-hybridized carbons (Fsp3) is 0.200. The second-order valence-electron chi connectivity index (χ2n) is 4.67. The van der Waals surface area contributed by atoms with Gasteiger partial charge in [0.25, 0.3) is 0 Å². The Labute approximate surface area is 125 Å². The summed E-state index contributed by atoms with van der Waals surface area (Å²) in [5, 5.41) is 3.59. The number of alkyl halides is 3. The maximum atomic E-state index is 12.8. The number of carbonyl (C=O) groups excluding carboxylic acids is 1. The molecule has 0 saturated carbocycles. The molecule has 4 nitrogen and oxygen atoms in total. The van der Waals surface area contributed by atoms with Gasteiger partial charge in [0.1, 0.15) is 0 Å². The Bertz CT molecular complexity index is 689. The third-order valence-corrected chi connectivity index (χ3v) is 3.05. The van der Waals surface area contributed by atoms with Crippen molar-refractivity contribution in [2.75, 3.05) is 0 Å². The second-order valence-corrected chi connectivity index (χ2v) is 4.67. The predicted octanol–water partition coefficient (Wildman–Crippen LogP) is 2.74. The van der Waals surface area contributed by atoms with Gasteiger partial charge >= 0.3 is 6.18 Å². The summed E-state index contributed by atoms with van der Waals surface area (Å²) in [6, 6.07) is 8.60. The van der Waals surface area contributed by atoms with Crippen LogP contribution in [0.5, 0.6) is 0 Å². The molecule has 0 aliphatic carbocycles. The minimum absolute atomic E-state index is 0.0990. The van der Waals surface area contributed by atoms with Crippen LogP contribution in [0.15, 0.2) is 47.7 Å². The van der Waals surface area contributed by atoms with Gasteiger partial charge in [-0.25, -0.2) is 5.43 Å². The zero-order chi connectivity index (χ0) is 16.2. The van der Waals surface area contributed by atoms with Crippen LogP contribution in [0.2, 0.25) is 0 Å². The second kappa shape index (κ2) is 6.46. The molecule has 116 valence electrons. The largest absolute Gasteiger partial charge is 0.417 e. The first-order valence-corrected chi connectivity index (χ1v) is 6.46. The average Bonchev–Trinajstić information content (AvgIpc) is 2.83. The first kappa shape index (κ1) is 15.8. The Kier molecular flexibility index (Phi) is 4.65. The summed E-state index contributed by atoms with van der Waals surface area (Å²) in [6.45, 7) is 0. The summed E-state index contributed by atoms with van der Waals surface area (Å²) in [7, 11) is 1.80. The van der Waals surface area contributed by atoms with Crippen molar-refractivity contribution in [2.45, 2.75) is 12.6 Å². The predicted molar refractivity (Wildman–Crippen MR) is 76.3 cm³/mol. The highest BCUT2D eigenvalue weighted by atomic mass is 19.4. The highest BCUT2D eigenvalue weighted by Gasteiger charge is 2.32. The minimum atomic E-state index is -4.46. The number of hydrazone groups is 1. The van der Waals surface area contributed by atoms with Crippen LogP contribution in [0.1, 0.15) is 16.8 Å². The van der Waals surface area contributed by atoms with Crippen molar-refractivity contribution in [1.29, 1.82) is 0 Å². The fourth-order valence-corrected chi connectivity index (χ4v) is 1.93. The van der Waals surface area contributed by atoms with Gasteiger partial charge in [-0.15, -0.1) is 0 Å². The molecule has 0 fully saturated rings. The lowest BCUT2D eigenvalue weighted by molar-refractivity contribution is -0.137. The molecular formula is C15H14F3N3O. The molecule has 1 heterocycles. The molecule has 2 rings (SSSR count). The van der Waals surface area contributed by atoms with Crippen LogP contribution < -0.4 is 5.43 Å². The topological polar surface area (TPSA) is 46.4 Å². The van der Waals surface area contributed by atoms with E-state index >= 15 is 0 Å². The molecule has 0 spiro atoms. The van der Waals surface area contributed by atoms with E-state index < -0.39 is 17.6 Å². The number of hydrogen-bond acceptors (Lipinski definition) is 2. The third kappa shape index (κ3) is 3.97. The van der Waals surface area contributed by atoms with Gasteiger partial charge in [-0.3, -0.25) is 4.79 Å². The number of nitrogens with one attached hydrogen (secondary N) is 1. The molecule has 2 aromatic rings. The summed E-state index contributed by atoms with van der Waals surface area (Å²) in [4.78, 5) is 11.7. The standard InChI is InChI=1S/C15H14F3N3O/c1-21-8-4-6-12(21)9-14(22)20-19-10-11-5-2-3-7-13(11)15(16,17)18/h2-8,10H,9H2,1H3,(H,20,22)/b19-10+. The lowest BCUT2D eigenvalue weighted by atomic mass is 10.1. The van der Waals surface area contributed by atoms with Gasteiger partial charge < -0.3 is 4.57 Å². The van der Waals surface area contributed by atoms with Gasteiger partial charge in [0.05, 0.1) is 18.2 Å². The molecule has 0 bridgehead atoms. The Balaban J connectivity index is 2.01. The van der Waals surface area contributed by atoms with E-state index in [0.29, 0.717) is 0 Å². The normalized spacial score (nSPS) is 11.8. The first-order chi connectivity index (χ1) is 10.4. The monoisotopic (exact) mass is 309 g/mol. The number of amides is 1. The van der Waals surface area contributed by atoms with E-state index in [1.165, 1.54) is 18.2 Å². The molecule has 7 heteroatoms. The molecule has 1 aromatic carbocycles. The summed E-state index contributed by atoms with van der Waals surface area (Å²) in [6.07, 6.45) is -1.57. The number of aryl methyl sites for hydroxylation is 1. The van der Waals surface area contributed by atoms with E-state index in [2.05, 4.69) is 10.5 Å². The Morgan fingerprint density at radius 2 is 2.00 bits per heavy atom. The van der Waals surface area contributed by atoms with Crippen LogP contribution in [0, 0.1) is 0 Å². The van der Waals surface area contributed by atoms with E-state index in [0.717, 1.165) is 18.0 Å². The summed E-state index contributed by atoms with van der Waals surface area (Å²) >= 11 is 0. The van der Waals surface area contributed by atoms with Gasteiger partial charge in [-0.05, 0) is 18.2 Å². The van der Waals surface area contributed by atoms with Crippen LogP contribution in [-0.4, -0.2) is 16.7 Å². The molecular weight excluding hydrogens is 295 g/mol. The van der Waals surface area contributed by atoms with Gasteiger partial charge in [0.15, 0.2) is 0 Å². The minimum Gasteiger partial charge on any atom is -0.354 e. The number of benzene rings is 1. The van der Waals surface area contributed by atoms with Crippen LogP contribution in [-0.2, 0) is 24.4 Å². The van der Waals surface area contributed by atoms with Gasteiger partial charge in [-0.1, -0.05) is 18.2 Å². The van der Waals surface area contributed by atoms with Gasteiger partial charge in [0.2, 0.25) is 5.91 Å². The molecule has 0 unspecified atom stereocenters. The zero-order valence-electron chi connectivity index (χ0n) is 11.8. The molecule has 0 aliphatic heterocycles. The van der Waals surface area contributed by atoms with E-state index in [-0.39, 0.29) is 12.0 Å². The summed E-state index contributed by atoms with van der Waals surface area (Å²) < 4.78 is 40.1. The lowest BCUT2D eigenvalue weighted by Gasteiger charge is -2.09. The smallest absolute Gasteiger partial charge is 0.354 e. The number of rotatable bonds is 4. The Morgan fingerprint density at radius 3 is 2.64 bits per heavy atom. The molecule has 1 aromatic heterocycles. The maximum Gasteiger partial charge on any atom is 0.417 e. The summed E-state index contributed by atoms with van der Waals surface area (Å²) in [5.41, 5.74) is 2.11. The highest BCUT2D eigenvalue weighted by molar-refractivity contribution is 5.84. The van der Waals surface area contributed by atoms with Crippen LogP contribution in [0.3, 0.4) is 0 Å². The van der Waals surface area contributed by atoms with Crippen molar-refractivity contribution in [2.24, 2.45) is 12.1 Å². The van der Waals surface area contributed by atoms with E-state index in [9.17, 15) is 18.0 Å². The van der Waals surface area contributed by atoms with Gasteiger partial charge in [0, 0.05) is 24.5 Å². The molecule has 1 amide bonds. The van der Waals surface area contributed by atoms with Crippen molar-refractivity contribution in [3.63, 3.8) is 0 Å². The Morgan fingerprint density at radius 1 is 1.27 bits per heavy atom. The number of hydrogen-bond donors (Lipinski definition) is 1. The molecule has 0 atom stereocenters. The lowest BCUT2D eigenvalue weighted by Crippen LogP contribution is -2.21. The van der Waals surface area contributed by atoms with Crippen LogP contribution in [0.25, 0.3) is 0 Å². The molecule has 0 radical (unpaired) electrons. The van der Waals surface area contributed by atoms with Crippen molar-refractivity contribution in [3.05, 3.63) is 59.4 Å². The average molecular weight is 309 g/mol. The van der Waals surface area contributed by atoms with Crippen molar-refractivity contribution in [1.82, 2.24) is 9.99 Å². The molecule has 0 saturated heterocycles. The van der Waals surface area contributed by atoms with Crippen LogP contribution >= 0.6 is 0 Å². The maximum absolute atomic E-state index is 12.8. The van der Waals surface area contributed by atoms with E-state index in [4.69, 9.17) is 0 Å². The zero-order valence-corrected chi connectivity index (χ0v) is 11.8. The fourth-order valence-electron chi connectivity index (χ4n) is 1.93. The molecule has 0 aliphatic rings. The van der Waals surface area contributed by atoms with Crippen molar-refractivity contribution < 1.29 is 18.0 Å². The highest BCUT2D eigenvalue weighted by Crippen LogP contribution is 2.30. The number of carbonyl (C=O) groups is 1. The first-order valence-electron chi connectivity index (χ1n) is 6.46. The number of aromatic nitrogens is 1. The molecule has 22 heavy (non-hydrogen) atoms. The van der Waals surface area contributed by atoms with E-state index in [1.807, 2.05) is 0 Å². The Hall–Kier alpha value is -2.57. The van der Waals surface area contributed by atoms with E-state index in [1.54, 1.807) is 29.9 Å². The van der Waals surface area contributed by atoms with Gasteiger partial charge in [-0.2, -0.15) is 18.3 Å². The molecule has 1 N–H and O–H groups in total. The number of nitrogens with zero attached hydrogens (tertiary/aromatic N) is 2. The summed E-state index contributed by atoms with van der Waals surface area (Å²) in [5.74, 6) is -0.400. The van der Waals surface area contributed by atoms with Crippen molar-refractivity contribution >= 4 is 12.1 Å². The van der Waals surface area contributed by atoms with Crippen LogP contribution in [0.4, 0.5) is 13.2 Å². The third-order valence-electron chi connectivity index (χ3n) is 3.05.